The van der Waals surface area contributed by atoms with Crippen molar-refractivity contribution in [2.45, 2.75) is 0 Å². The summed E-state index contributed by atoms with van der Waals surface area (Å²) >= 11 is 18.6. The number of hydrogen-bond donors (Lipinski definition) is 0. The monoisotopic (exact) mass is 431 g/mol. The van der Waals surface area contributed by atoms with Crippen LogP contribution in [0.3, 0.4) is 0 Å². The molecule has 0 atom stereocenters. The van der Waals surface area contributed by atoms with E-state index in [-0.39, 0.29) is 5.91 Å². The largest absolute Gasteiger partial charge is 0.457 e. The minimum absolute atomic E-state index is 0.187. The zero-order chi connectivity index (χ0) is 19.0. The van der Waals surface area contributed by atoms with Gasteiger partial charge in [-0.05, 0) is 48.5 Å². The summed E-state index contributed by atoms with van der Waals surface area (Å²) in [4.78, 5) is 14.8. The first-order valence-corrected chi connectivity index (χ1v) is 9.88. The third kappa shape index (κ3) is 3.82. The lowest BCUT2D eigenvalue weighted by Crippen LogP contribution is -2.27. The second kappa shape index (κ2) is 7.52. The Morgan fingerprint density at radius 1 is 1.00 bits per heavy atom. The molecule has 2 heterocycles. The van der Waals surface area contributed by atoms with Crippen molar-refractivity contribution >= 4 is 69.2 Å². The Labute approximate surface area is 175 Å². The molecule has 0 N–H and O–H groups in total. The predicted octanol–water partition coefficient (Wildman–Crippen LogP) is 6.66. The quantitative estimate of drug-likeness (QED) is 0.342. The molecule has 134 valence electrons. The summed E-state index contributed by atoms with van der Waals surface area (Å²) in [7, 11) is 0. The van der Waals surface area contributed by atoms with Crippen LogP contribution >= 0.6 is 47.2 Å². The van der Waals surface area contributed by atoms with Crippen LogP contribution in [0.1, 0.15) is 5.76 Å². The Bertz CT molecular complexity index is 1070. The maximum atomic E-state index is 12.8. The molecule has 0 spiro atoms. The molecule has 1 saturated heterocycles. The van der Waals surface area contributed by atoms with Gasteiger partial charge in [0, 0.05) is 21.7 Å². The van der Waals surface area contributed by atoms with Gasteiger partial charge in [0.2, 0.25) is 0 Å². The third-order valence-electron chi connectivity index (χ3n) is 3.89. The zero-order valence-electron chi connectivity index (χ0n) is 13.7. The number of nitrogens with zero attached hydrogens (tertiary/aromatic N) is 1. The molecule has 0 saturated carbocycles. The van der Waals surface area contributed by atoms with Crippen LogP contribution in [0.4, 0.5) is 5.69 Å². The lowest BCUT2D eigenvalue weighted by atomic mass is 10.2. The maximum absolute atomic E-state index is 12.8. The topological polar surface area (TPSA) is 33.5 Å². The van der Waals surface area contributed by atoms with Crippen LogP contribution in [0.5, 0.6) is 0 Å². The summed E-state index contributed by atoms with van der Waals surface area (Å²) in [6.07, 6.45) is 1.70. The van der Waals surface area contributed by atoms with E-state index in [4.69, 9.17) is 39.8 Å². The number of carbonyl (C=O) groups is 1. The smallest absolute Gasteiger partial charge is 0.270 e. The molecule has 3 aromatic rings. The van der Waals surface area contributed by atoms with Gasteiger partial charge in [-0.25, -0.2) is 0 Å². The van der Waals surface area contributed by atoms with E-state index in [2.05, 4.69) is 0 Å². The van der Waals surface area contributed by atoms with E-state index in [1.807, 2.05) is 30.3 Å². The number of anilines is 1. The number of amides is 1. The lowest BCUT2D eigenvalue weighted by Gasteiger charge is -2.14. The fourth-order valence-electron chi connectivity index (χ4n) is 2.64. The highest BCUT2D eigenvalue weighted by atomic mass is 35.5. The fraction of sp³-hybridized carbons (Fsp3) is 0. The van der Waals surface area contributed by atoms with Crippen molar-refractivity contribution in [3.8, 4) is 11.3 Å². The molecule has 3 nitrogen and oxygen atoms in total. The van der Waals surface area contributed by atoms with Crippen LogP contribution in [0.15, 0.2) is 70.0 Å². The van der Waals surface area contributed by atoms with Gasteiger partial charge in [0.1, 0.15) is 11.5 Å². The molecule has 1 amide bonds. The van der Waals surface area contributed by atoms with Crippen LogP contribution in [0, 0.1) is 0 Å². The van der Waals surface area contributed by atoms with Gasteiger partial charge in [0.15, 0.2) is 4.32 Å². The number of furan rings is 1. The molecular formula is C20H11Cl2NO2S2. The van der Waals surface area contributed by atoms with Gasteiger partial charge < -0.3 is 4.42 Å². The molecule has 0 bridgehead atoms. The fourth-order valence-corrected chi connectivity index (χ4v) is 4.23. The molecule has 0 aliphatic carbocycles. The van der Waals surface area contributed by atoms with E-state index in [1.165, 1.54) is 16.7 Å². The first-order chi connectivity index (χ1) is 13.0. The van der Waals surface area contributed by atoms with E-state index in [9.17, 15) is 4.79 Å². The standard InChI is InChI=1S/C20H11Cl2NO2S2/c21-13-4-6-15(7-5-13)23-19(24)18(27-20(23)26)11-16-8-9-17(25-16)12-2-1-3-14(22)10-12/h1-11H/b18-11-. The number of halogens is 2. The van der Waals surface area contributed by atoms with Crippen LogP contribution in [-0.2, 0) is 4.79 Å². The van der Waals surface area contributed by atoms with E-state index >= 15 is 0 Å². The summed E-state index contributed by atoms with van der Waals surface area (Å²) < 4.78 is 6.31. The highest BCUT2D eigenvalue weighted by Gasteiger charge is 2.33. The van der Waals surface area contributed by atoms with Crippen molar-refractivity contribution in [2.75, 3.05) is 4.90 Å². The molecule has 7 heteroatoms. The van der Waals surface area contributed by atoms with E-state index < -0.39 is 0 Å². The average molecular weight is 432 g/mol. The van der Waals surface area contributed by atoms with Gasteiger partial charge in [-0.15, -0.1) is 0 Å². The van der Waals surface area contributed by atoms with E-state index in [1.54, 1.807) is 36.4 Å². The second-order valence-electron chi connectivity index (χ2n) is 5.71. The van der Waals surface area contributed by atoms with Crippen LogP contribution < -0.4 is 4.90 Å². The predicted molar refractivity (Wildman–Crippen MR) is 116 cm³/mol. The summed E-state index contributed by atoms with van der Waals surface area (Å²) in [6.45, 7) is 0. The molecule has 1 aromatic heterocycles. The number of rotatable bonds is 3. The highest BCUT2D eigenvalue weighted by Crippen LogP contribution is 2.37. The van der Waals surface area contributed by atoms with Crippen molar-refractivity contribution in [1.29, 1.82) is 0 Å². The average Bonchev–Trinajstić information content (AvgIpc) is 3.21. The van der Waals surface area contributed by atoms with Gasteiger partial charge in [-0.3, -0.25) is 9.69 Å². The minimum atomic E-state index is -0.187. The number of thiocarbonyl (C=S) groups is 1. The number of carbonyl (C=O) groups excluding carboxylic acids is 1. The normalized spacial score (nSPS) is 15.8. The Morgan fingerprint density at radius 3 is 2.52 bits per heavy atom. The SMILES string of the molecule is O=C1/C(=C/c2ccc(-c3cccc(Cl)c3)o2)SC(=S)N1c1ccc(Cl)cc1. The first-order valence-electron chi connectivity index (χ1n) is 7.90. The molecule has 1 aliphatic rings. The Hall–Kier alpha value is -2.05. The van der Waals surface area contributed by atoms with Gasteiger partial charge in [0.05, 0.1) is 10.6 Å². The maximum Gasteiger partial charge on any atom is 0.270 e. The second-order valence-corrected chi connectivity index (χ2v) is 8.25. The number of hydrogen-bond acceptors (Lipinski definition) is 4. The highest BCUT2D eigenvalue weighted by molar-refractivity contribution is 8.27. The van der Waals surface area contributed by atoms with Crippen molar-refractivity contribution in [3.05, 3.63) is 81.4 Å². The molecule has 1 aliphatic heterocycles. The van der Waals surface area contributed by atoms with Crippen LogP contribution in [-0.4, -0.2) is 10.2 Å². The molecule has 0 radical (unpaired) electrons. The summed E-state index contributed by atoms with van der Waals surface area (Å²) in [5.74, 6) is 1.06. The molecule has 2 aromatic carbocycles. The zero-order valence-corrected chi connectivity index (χ0v) is 16.8. The van der Waals surface area contributed by atoms with E-state index in [0.29, 0.717) is 36.5 Å². The first kappa shape index (κ1) is 18.3. The molecule has 1 fully saturated rings. The number of benzene rings is 2. The van der Waals surface area contributed by atoms with Gasteiger partial charge in [0.25, 0.3) is 5.91 Å². The van der Waals surface area contributed by atoms with Gasteiger partial charge in [-0.2, -0.15) is 0 Å². The van der Waals surface area contributed by atoms with Gasteiger partial charge in [-0.1, -0.05) is 59.3 Å². The lowest BCUT2D eigenvalue weighted by molar-refractivity contribution is -0.113. The van der Waals surface area contributed by atoms with Crippen molar-refractivity contribution in [2.24, 2.45) is 0 Å². The summed E-state index contributed by atoms with van der Waals surface area (Å²) in [5.41, 5.74) is 1.56. The molecule has 4 rings (SSSR count). The molecule has 0 unspecified atom stereocenters. The minimum Gasteiger partial charge on any atom is -0.457 e. The summed E-state index contributed by atoms with van der Waals surface area (Å²) in [6, 6.07) is 18.0. The van der Waals surface area contributed by atoms with Crippen molar-refractivity contribution < 1.29 is 9.21 Å². The summed E-state index contributed by atoms with van der Waals surface area (Å²) in [5, 5.41) is 1.23. The van der Waals surface area contributed by atoms with Crippen LogP contribution in [0.2, 0.25) is 10.0 Å². The Kier molecular flexibility index (Phi) is 5.10. The molecular weight excluding hydrogens is 421 g/mol. The van der Waals surface area contributed by atoms with E-state index in [0.717, 1.165) is 5.56 Å². The Balaban J connectivity index is 1.61. The van der Waals surface area contributed by atoms with Crippen LogP contribution in [0.25, 0.3) is 17.4 Å². The number of thioether (sulfide) groups is 1. The Morgan fingerprint density at radius 2 is 1.78 bits per heavy atom. The van der Waals surface area contributed by atoms with Crippen molar-refractivity contribution in [3.63, 3.8) is 0 Å². The third-order valence-corrected chi connectivity index (χ3v) is 5.68. The van der Waals surface area contributed by atoms with Gasteiger partial charge >= 0.3 is 0 Å². The molecule has 27 heavy (non-hydrogen) atoms. The van der Waals surface area contributed by atoms with Crippen molar-refractivity contribution in [1.82, 2.24) is 0 Å².